The van der Waals surface area contributed by atoms with Crippen molar-refractivity contribution >= 4 is 47.7 Å². The molecule has 0 radical (unpaired) electrons. The van der Waals surface area contributed by atoms with E-state index in [1.807, 2.05) is 0 Å². The zero-order valence-electron chi connectivity index (χ0n) is 19.1. The molecule has 2 aromatic rings. The van der Waals surface area contributed by atoms with E-state index in [-0.39, 0.29) is 25.0 Å². The van der Waals surface area contributed by atoms with Gasteiger partial charge in [-0.25, -0.2) is 0 Å². The molecule has 0 spiro atoms. The highest BCUT2D eigenvalue weighted by Crippen LogP contribution is 2.31. The number of fused-ring (bicyclic) bond motifs is 1. The van der Waals surface area contributed by atoms with Gasteiger partial charge in [0, 0.05) is 31.6 Å². The van der Waals surface area contributed by atoms with Gasteiger partial charge in [-0.3, -0.25) is 8.37 Å². The number of hydrogen-bond donors (Lipinski definition) is 1. The van der Waals surface area contributed by atoms with Crippen LogP contribution in [-0.4, -0.2) is 73.1 Å². The van der Waals surface area contributed by atoms with E-state index >= 15 is 0 Å². The first kappa shape index (κ1) is 26.3. The van der Waals surface area contributed by atoms with Crippen molar-refractivity contribution in [2.75, 3.05) is 56.8 Å². The van der Waals surface area contributed by atoms with Crippen molar-refractivity contribution in [3.8, 4) is 0 Å². The Morgan fingerprint density at radius 1 is 0.970 bits per heavy atom. The summed E-state index contributed by atoms with van der Waals surface area (Å²) in [7, 11) is -6.90. The zero-order valence-corrected chi connectivity index (χ0v) is 21.6. The van der Waals surface area contributed by atoms with E-state index < -0.39 is 20.2 Å². The van der Waals surface area contributed by atoms with Gasteiger partial charge in [0.25, 0.3) is 20.2 Å². The minimum atomic E-state index is -3.45. The van der Waals surface area contributed by atoms with E-state index in [0.29, 0.717) is 0 Å². The second-order valence-electron chi connectivity index (χ2n) is 8.52. The summed E-state index contributed by atoms with van der Waals surface area (Å²) in [5.41, 5.74) is 0. The van der Waals surface area contributed by atoms with E-state index in [0.717, 1.165) is 70.2 Å². The summed E-state index contributed by atoms with van der Waals surface area (Å²) in [5, 5.41) is 4.65. The third kappa shape index (κ3) is 8.76. The normalized spacial score (nSPS) is 22.1. The Morgan fingerprint density at radius 2 is 1.52 bits per heavy atom. The molecule has 0 amide bonds. The number of nitrogens with zero attached hydrogens (tertiary/aromatic N) is 2. The number of benzene rings is 1. The quantitative estimate of drug-likeness (QED) is 0.551. The van der Waals surface area contributed by atoms with E-state index in [1.54, 1.807) is 11.5 Å². The number of hydrogen-bond acceptors (Lipinski definition) is 10. The summed E-state index contributed by atoms with van der Waals surface area (Å²) in [5.74, 6) is 1.24. The average molecular weight is 520 g/mol. The van der Waals surface area contributed by atoms with Gasteiger partial charge < -0.3 is 10.2 Å². The van der Waals surface area contributed by atoms with E-state index in [9.17, 15) is 16.8 Å². The van der Waals surface area contributed by atoms with Gasteiger partial charge in [-0.05, 0) is 48.3 Å². The highest BCUT2D eigenvalue weighted by atomic mass is 32.2. The second-order valence-corrected chi connectivity index (χ2v) is 12.6. The van der Waals surface area contributed by atoms with Crippen molar-refractivity contribution in [3.63, 3.8) is 0 Å². The molecule has 2 atom stereocenters. The van der Waals surface area contributed by atoms with Crippen molar-refractivity contribution in [2.45, 2.75) is 25.7 Å². The van der Waals surface area contributed by atoms with Crippen molar-refractivity contribution < 1.29 is 25.2 Å². The fourth-order valence-electron chi connectivity index (χ4n) is 4.12. The standard InChI is InChI=1S/C11H13N3S.C10H20O6S2/c1-2-4-10-9(3-1)11(13-15-10)14-7-5-12-6-8-14;1-17(11,12)15-7-9-5-3-4-6-10(9)8-16-18(2,13)14/h1-4,12H,5-8H2;9-10H,3-8H2,1-2H3/t;9-,10-/m.0/s1. The van der Waals surface area contributed by atoms with E-state index in [2.05, 4.69) is 38.9 Å². The van der Waals surface area contributed by atoms with Crippen molar-refractivity contribution in [3.05, 3.63) is 24.3 Å². The van der Waals surface area contributed by atoms with Crippen LogP contribution in [0.3, 0.4) is 0 Å². The summed E-state index contributed by atoms with van der Waals surface area (Å²) in [6, 6.07) is 8.46. The molecule has 2 fully saturated rings. The van der Waals surface area contributed by atoms with Crippen LogP contribution in [-0.2, 0) is 28.6 Å². The molecule has 0 bridgehead atoms. The molecule has 0 unspecified atom stereocenters. The van der Waals surface area contributed by atoms with Crippen LogP contribution in [0.15, 0.2) is 24.3 Å². The number of nitrogens with one attached hydrogen (secondary N) is 1. The lowest BCUT2D eigenvalue weighted by molar-refractivity contribution is 0.111. The lowest BCUT2D eigenvalue weighted by Crippen LogP contribution is -2.43. The molecular weight excluding hydrogens is 486 g/mol. The molecule has 1 saturated heterocycles. The number of aromatic nitrogens is 1. The van der Waals surface area contributed by atoms with Crippen molar-refractivity contribution in [1.29, 1.82) is 0 Å². The molecule has 1 N–H and O–H groups in total. The number of piperazine rings is 1. The third-order valence-corrected chi connectivity index (χ3v) is 7.78. The maximum atomic E-state index is 10.9. The molecule has 1 aromatic carbocycles. The minimum absolute atomic E-state index is 0.0372. The molecule has 2 aliphatic rings. The molecule has 33 heavy (non-hydrogen) atoms. The molecule has 186 valence electrons. The van der Waals surface area contributed by atoms with Crippen LogP contribution >= 0.6 is 11.5 Å². The molecular formula is C21H33N3O6S3. The van der Waals surface area contributed by atoms with Gasteiger partial charge >= 0.3 is 0 Å². The molecule has 1 saturated carbocycles. The van der Waals surface area contributed by atoms with Crippen LogP contribution in [0.5, 0.6) is 0 Å². The Balaban J connectivity index is 0.000000188. The maximum Gasteiger partial charge on any atom is 0.264 e. The summed E-state index contributed by atoms with van der Waals surface area (Å²) in [6.07, 6.45) is 5.72. The van der Waals surface area contributed by atoms with Crippen LogP contribution in [0.1, 0.15) is 25.7 Å². The summed E-state index contributed by atoms with van der Waals surface area (Å²) in [4.78, 5) is 2.37. The summed E-state index contributed by atoms with van der Waals surface area (Å²) < 4.78 is 59.2. The van der Waals surface area contributed by atoms with Gasteiger partial charge in [-0.2, -0.15) is 21.2 Å². The Labute approximate surface area is 200 Å². The molecule has 4 rings (SSSR count). The molecule has 2 heterocycles. The first-order chi connectivity index (χ1) is 15.6. The minimum Gasteiger partial charge on any atom is -0.353 e. The van der Waals surface area contributed by atoms with Crippen LogP contribution in [0, 0.1) is 11.8 Å². The Hall–Kier alpha value is -1.31. The second kappa shape index (κ2) is 11.9. The first-order valence-corrected chi connectivity index (χ1v) is 15.5. The van der Waals surface area contributed by atoms with Crippen LogP contribution < -0.4 is 10.2 Å². The fraction of sp³-hybridized carbons (Fsp3) is 0.667. The lowest BCUT2D eigenvalue weighted by atomic mass is 9.80. The predicted molar refractivity (Wildman–Crippen MR) is 132 cm³/mol. The predicted octanol–water partition coefficient (Wildman–Crippen LogP) is 2.45. The van der Waals surface area contributed by atoms with Crippen LogP contribution in [0.4, 0.5) is 5.82 Å². The Kier molecular flexibility index (Phi) is 9.48. The van der Waals surface area contributed by atoms with Gasteiger partial charge in [-0.1, -0.05) is 25.0 Å². The average Bonchev–Trinajstić information content (AvgIpc) is 3.21. The highest BCUT2D eigenvalue weighted by Gasteiger charge is 2.27. The monoisotopic (exact) mass is 519 g/mol. The maximum absolute atomic E-state index is 10.9. The van der Waals surface area contributed by atoms with Gasteiger partial charge in [0.05, 0.1) is 30.4 Å². The summed E-state index contributed by atoms with van der Waals surface area (Å²) in [6.45, 7) is 4.46. The number of rotatable bonds is 7. The van der Waals surface area contributed by atoms with Gasteiger partial charge in [0.2, 0.25) is 0 Å². The van der Waals surface area contributed by atoms with E-state index in [1.165, 1.54) is 10.1 Å². The van der Waals surface area contributed by atoms with Gasteiger partial charge in [0.15, 0.2) is 0 Å². The first-order valence-electron chi connectivity index (χ1n) is 11.1. The largest absolute Gasteiger partial charge is 0.353 e. The Morgan fingerprint density at radius 3 is 2.06 bits per heavy atom. The fourth-order valence-corrected chi connectivity index (χ4v) is 5.76. The van der Waals surface area contributed by atoms with Gasteiger partial charge in [0.1, 0.15) is 5.82 Å². The van der Waals surface area contributed by atoms with Gasteiger partial charge in [-0.15, -0.1) is 0 Å². The molecule has 12 heteroatoms. The molecule has 1 aliphatic carbocycles. The van der Waals surface area contributed by atoms with Crippen LogP contribution in [0.2, 0.25) is 0 Å². The zero-order chi connectivity index (χ0) is 23.9. The Bertz CT molecular complexity index is 1050. The van der Waals surface area contributed by atoms with E-state index in [4.69, 9.17) is 8.37 Å². The SMILES string of the molecule is CS(=O)(=O)OC[C@@H]1CCCC[C@H]1COS(C)(=O)=O.c1ccc2c(N3CCNCC3)nsc2c1. The van der Waals surface area contributed by atoms with Crippen molar-refractivity contribution in [1.82, 2.24) is 9.69 Å². The molecule has 1 aliphatic heterocycles. The topological polar surface area (TPSA) is 115 Å². The lowest BCUT2D eigenvalue weighted by Gasteiger charge is -2.30. The highest BCUT2D eigenvalue weighted by molar-refractivity contribution is 7.86. The molecule has 1 aromatic heterocycles. The number of anilines is 1. The smallest absolute Gasteiger partial charge is 0.264 e. The van der Waals surface area contributed by atoms with Crippen molar-refractivity contribution in [2.24, 2.45) is 11.8 Å². The van der Waals surface area contributed by atoms with Crippen LogP contribution in [0.25, 0.3) is 10.1 Å². The summed E-state index contributed by atoms with van der Waals surface area (Å²) >= 11 is 1.60. The third-order valence-electron chi connectivity index (χ3n) is 5.83. The molecule has 9 nitrogen and oxygen atoms in total.